The zero-order chi connectivity index (χ0) is 26.5. The molecule has 1 N–H and O–H groups in total. The maximum absolute atomic E-state index is 13.6. The third-order valence-electron chi connectivity index (χ3n) is 6.86. The molecule has 3 atom stereocenters. The molecule has 3 heterocycles. The topological polar surface area (TPSA) is 95.9 Å². The molecule has 1 aliphatic heterocycles. The van der Waals surface area contributed by atoms with Gasteiger partial charge in [0.15, 0.2) is 0 Å². The van der Waals surface area contributed by atoms with E-state index >= 15 is 0 Å². The zero-order valence-electron chi connectivity index (χ0n) is 21.8. The van der Waals surface area contributed by atoms with Gasteiger partial charge in [0.25, 0.3) is 5.91 Å². The molecule has 0 aliphatic carbocycles. The van der Waals surface area contributed by atoms with Crippen molar-refractivity contribution >= 4 is 11.8 Å². The van der Waals surface area contributed by atoms with Gasteiger partial charge in [-0.1, -0.05) is 42.8 Å². The van der Waals surface area contributed by atoms with Crippen molar-refractivity contribution in [2.75, 3.05) is 26.7 Å². The molecule has 0 bridgehead atoms. The van der Waals surface area contributed by atoms with Crippen molar-refractivity contribution in [3.63, 3.8) is 0 Å². The van der Waals surface area contributed by atoms with Crippen LogP contribution in [-0.2, 0) is 11.2 Å². The summed E-state index contributed by atoms with van der Waals surface area (Å²) in [5.41, 5.74) is 4.09. The van der Waals surface area contributed by atoms with Crippen molar-refractivity contribution in [1.29, 1.82) is 0 Å². The van der Waals surface area contributed by atoms with Crippen LogP contribution in [0.5, 0.6) is 5.88 Å². The second-order valence-corrected chi connectivity index (χ2v) is 9.88. The average Bonchev–Trinajstić information content (AvgIpc) is 2.91. The van der Waals surface area contributed by atoms with Gasteiger partial charge in [-0.2, -0.15) is 0 Å². The number of carbonyl (C=O) groups is 2. The van der Waals surface area contributed by atoms with E-state index in [1.165, 1.54) is 0 Å². The second kappa shape index (κ2) is 11.5. The van der Waals surface area contributed by atoms with Crippen molar-refractivity contribution in [2.24, 2.45) is 5.92 Å². The number of hydrogen-bond acceptors (Lipinski definition) is 6. The number of likely N-dealkylation sites (N-methyl/N-ethyl adjacent to an activating group) is 1. The van der Waals surface area contributed by atoms with Gasteiger partial charge in [0, 0.05) is 43.7 Å². The highest BCUT2D eigenvalue weighted by Gasteiger charge is 2.34. The lowest BCUT2D eigenvalue weighted by Gasteiger charge is -2.37. The van der Waals surface area contributed by atoms with E-state index in [2.05, 4.69) is 9.97 Å². The van der Waals surface area contributed by atoms with Crippen LogP contribution in [0.1, 0.15) is 35.3 Å². The summed E-state index contributed by atoms with van der Waals surface area (Å²) in [6, 6.07) is 13.1. The van der Waals surface area contributed by atoms with Gasteiger partial charge in [-0.3, -0.25) is 14.6 Å². The molecule has 2 aromatic heterocycles. The van der Waals surface area contributed by atoms with Crippen molar-refractivity contribution in [3.05, 3.63) is 77.7 Å². The smallest absolute Gasteiger partial charge is 0.259 e. The van der Waals surface area contributed by atoms with E-state index in [-0.39, 0.29) is 42.7 Å². The Balaban J connectivity index is 1.63. The first-order chi connectivity index (χ1) is 17.8. The molecule has 1 aromatic carbocycles. The molecule has 37 heavy (non-hydrogen) atoms. The van der Waals surface area contributed by atoms with E-state index in [9.17, 15) is 14.7 Å². The SMILES string of the molecule is Cc1ccc(-c2cnc3c(c2)C(=O)N([C@H](C)CO)C[C@H](C)[C@H](CN(C)C(=O)Cc2cccnc2)O3)cc1. The molecular weight excluding hydrogens is 468 g/mol. The van der Waals surface area contributed by atoms with Crippen LogP contribution in [0.15, 0.2) is 61.1 Å². The molecule has 8 heteroatoms. The summed E-state index contributed by atoms with van der Waals surface area (Å²) in [7, 11) is 1.75. The number of benzene rings is 1. The summed E-state index contributed by atoms with van der Waals surface area (Å²) in [4.78, 5) is 38.5. The monoisotopic (exact) mass is 502 g/mol. The van der Waals surface area contributed by atoms with E-state index in [4.69, 9.17) is 4.74 Å². The van der Waals surface area contributed by atoms with E-state index in [1.54, 1.807) is 41.5 Å². The molecule has 0 spiro atoms. The number of pyridine rings is 2. The van der Waals surface area contributed by atoms with Gasteiger partial charge in [0.1, 0.15) is 11.7 Å². The first-order valence-corrected chi connectivity index (χ1v) is 12.5. The van der Waals surface area contributed by atoms with Crippen LogP contribution in [0.25, 0.3) is 11.1 Å². The number of aliphatic hydroxyl groups is 1. The maximum atomic E-state index is 13.6. The minimum Gasteiger partial charge on any atom is -0.472 e. The number of fused-ring (bicyclic) bond motifs is 1. The number of aliphatic hydroxyl groups excluding tert-OH is 1. The van der Waals surface area contributed by atoms with Crippen LogP contribution >= 0.6 is 0 Å². The molecule has 0 saturated carbocycles. The number of aromatic nitrogens is 2. The molecule has 194 valence electrons. The highest BCUT2D eigenvalue weighted by Crippen LogP contribution is 2.30. The summed E-state index contributed by atoms with van der Waals surface area (Å²) in [6.07, 6.45) is 4.91. The van der Waals surface area contributed by atoms with E-state index < -0.39 is 6.10 Å². The Kier molecular flexibility index (Phi) is 8.18. The molecule has 0 radical (unpaired) electrons. The normalized spacial score (nSPS) is 18.3. The fourth-order valence-electron chi connectivity index (χ4n) is 4.41. The largest absolute Gasteiger partial charge is 0.472 e. The number of hydrogen-bond donors (Lipinski definition) is 1. The van der Waals surface area contributed by atoms with Crippen LogP contribution in [0.4, 0.5) is 0 Å². The minimum atomic E-state index is -0.402. The fraction of sp³-hybridized carbons (Fsp3) is 0.379. The summed E-state index contributed by atoms with van der Waals surface area (Å²) in [6.45, 7) is 6.38. The molecular formula is C29H34N4O4. The molecule has 1 aliphatic rings. The lowest BCUT2D eigenvalue weighted by molar-refractivity contribution is -0.130. The highest BCUT2D eigenvalue weighted by atomic mass is 16.5. The van der Waals surface area contributed by atoms with Gasteiger partial charge >= 0.3 is 0 Å². The second-order valence-electron chi connectivity index (χ2n) is 9.88. The van der Waals surface area contributed by atoms with Gasteiger partial charge in [-0.05, 0) is 37.1 Å². The molecule has 3 aromatic rings. The van der Waals surface area contributed by atoms with Crippen molar-refractivity contribution < 1.29 is 19.4 Å². The van der Waals surface area contributed by atoms with Crippen LogP contribution in [0.3, 0.4) is 0 Å². The Labute approximate surface area is 217 Å². The summed E-state index contributed by atoms with van der Waals surface area (Å²) in [5.74, 6) is -0.159. The number of rotatable bonds is 7. The lowest BCUT2D eigenvalue weighted by atomic mass is 9.99. The summed E-state index contributed by atoms with van der Waals surface area (Å²) < 4.78 is 6.33. The maximum Gasteiger partial charge on any atom is 0.259 e. The van der Waals surface area contributed by atoms with Crippen molar-refractivity contribution in [1.82, 2.24) is 19.8 Å². The minimum absolute atomic E-state index is 0.0505. The number of nitrogens with zero attached hydrogens (tertiary/aromatic N) is 4. The quantitative estimate of drug-likeness (QED) is 0.532. The van der Waals surface area contributed by atoms with Crippen molar-refractivity contribution in [3.8, 4) is 17.0 Å². The molecule has 4 rings (SSSR count). The standard InChI is InChI=1S/C29H34N4O4/c1-19-7-9-23(10-8-19)24-13-25-28(31-15-24)37-26(20(2)16-33(29(25)36)21(3)18-34)17-32(4)27(35)12-22-6-5-11-30-14-22/h5-11,13-15,20-21,26,34H,12,16-18H2,1-4H3/t20-,21+,26-/m0/s1. The van der Waals surface area contributed by atoms with Gasteiger partial charge in [0.2, 0.25) is 11.8 Å². The molecule has 2 amide bonds. The lowest BCUT2D eigenvalue weighted by Crippen LogP contribution is -2.50. The van der Waals surface area contributed by atoms with Crippen molar-refractivity contribution in [2.45, 2.75) is 39.3 Å². The molecule has 0 fully saturated rings. The molecule has 0 unspecified atom stereocenters. The number of ether oxygens (including phenoxy) is 1. The van der Waals surface area contributed by atoms with Crippen LogP contribution in [0.2, 0.25) is 0 Å². The van der Waals surface area contributed by atoms with Gasteiger partial charge in [-0.25, -0.2) is 4.98 Å². The number of amides is 2. The first-order valence-electron chi connectivity index (χ1n) is 12.5. The number of aryl methyl sites for hydroxylation is 1. The predicted octanol–water partition coefficient (Wildman–Crippen LogP) is 3.37. The van der Waals surface area contributed by atoms with Gasteiger partial charge in [-0.15, -0.1) is 0 Å². The van der Waals surface area contributed by atoms with Gasteiger partial charge in [0.05, 0.1) is 25.6 Å². The van der Waals surface area contributed by atoms with Crippen LogP contribution in [-0.4, -0.2) is 75.6 Å². The third-order valence-corrected chi connectivity index (χ3v) is 6.86. The summed E-state index contributed by atoms with van der Waals surface area (Å²) in [5, 5.41) is 9.89. The average molecular weight is 503 g/mol. The van der Waals surface area contributed by atoms with E-state index in [1.807, 2.05) is 57.2 Å². The Hall–Kier alpha value is -3.78. The highest BCUT2D eigenvalue weighted by molar-refractivity contribution is 5.98. The third kappa shape index (κ3) is 6.14. The van der Waals surface area contributed by atoms with Crippen LogP contribution in [0, 0.1) is 12.8 Å². The van der Waals surface area contributed by atoms with E-state index in [0.717, 1.165) is 22.3 Å². The van der Waals surface area contributed by atoms with E-state index in [0.29, 0.717) is 18.7 Å². The van der Waals surface area contributed by atoms with Crippen LogP contribution < -0.4 is 4.74 Å². The Morgan fingerprint density at radius 3 is 2.65 bits per heavy atom. The Bertz CT molecular complexity index is 1230. The Morgan fingerprint density at radius 2 is 1.97 bits per heavy atom. The molecule has 0 saturated heterocycles. The number of carbonyl (C=O) groups excluding carboxylic acids is 2. The van der Waals surface area contributed by atoms with Gasteiger partial charge < -0.3 is 19.6 Å². The fourth-order valence-corrected chi connectivity index (χ4v) is 4.41. The first kappa shape index (κ1) is 26.3. The molecule has 8 nitrogen and oxygen atoms in total. The predicted molar refractivity (Wildman–Crippen MR) is 141 cm³/mol. The Morgan fingerprint density at radius 1 is 1.22 bits per heavy atom. The summed E-state index contributed by atoms with van der Waals surface area (Å²) >= 11 is 0. The zero-order valence-corrected chi connectivity index (χ0v) is 21.8.